The van der Waals surface area contributed by atoms with E-state index in [2.05, 4.69) is 10.0 Å². The molecule has 0 bridgehead atoms. The average molecular weight is 353 g/mol. The second-order valence-electron chi connectivity index (χ2n) is 7.80. The van der Waals surface area contributed by atoms with Crippen LogP contribution in [0.4, 0.5) is 5.69 Å². The second kappa shape index (κ2) is 6.75. The minimum atomic E-state index is -3.30. The number of carbonyl (C=O) groups excluding carboxylic acids is 1. The summed E-state index contributed by atoms with van der Waals surface area (Å²) in [6.07, 6.45) is 5.99. The number of rotatable bonds is 4. The SMILES string of the molecule is CC(C)(C)NC(=O)C1(c2ccc(NS(C)(=O)=O)cc2)CCCCC1. The molecule has 1 fully saturated rings. The lowest BCUT2D eigenvalue weighted by Gasteiger charge is -2.38. The van der Waals surface area contributed by atoms with E-state index in [1.807, 2.05) is 32.9 Å². The van der Waals surface area contributed by atoms with Crippen LogP contribution in [0.15, 0.2) is 24.3 Å². The van der Waals surface area contributed by atoms with E-state index in [0.29, 0.717) is 5.69 Å². The standard InChI is InChI=1S/C18H28N2O3S/c1-17(2,3)19-16(21)18(12-6-5-7-13-18)14-8-10-15(11-9-14)20-24(4,22)23/h8-11,20H,5-7,12-13H2,1-4H3,(H,19,21). The molecule has 0 unspecified atom stereocenters. The van der Waals surface area contributed by atoms with Crippen LogP contribution >= 0.6 is 0 Å². The molecule has 0 heterocycles. The van der Waals surface area contributed by atoms with Crippen molar-refractivity contribution in [3.63, 3.8) is 0 Å². The van der Waals surface area contributed by atoms with Gasteiger partial charge in [-0.15, -0.1) is 0 Å². The van der Waals surface area contributed by atoms with Crippen molar-refractivity contribution < 1.29 is 13.2 Å². The normalized spacial score (nSPS) is 18.0. The van der Waals surface area contributed by atoms with Gasteiger partial charge in [-0.2, -0.15) is 0 Å². The summed E-state index contributed by atoms with van der Waals surface area (Å²) < 4.78 is 25.1. The van der Waals surface area contributed by atoms with Gasteiger partial charge in [0.25, 0.3) is 0 Å². The van der Waals surface area contributed by atoms with Gasteiger partial charge >= 0.3 is 0 Å². The Hall–Kier alpha value is -1.56. The Morgan fingerprint density at radius 2 is 1.58 bits per heavy atom. The van der Waals surface area contributed by atoms with Crippen LogP contribution in [0.2, 0.25) is 0 Å². The third-order valence-corrected chi connectivity index (χ3v) is 4.98. The van der Waals surface area contributed by atoms with Crippen molar-refractivity contribution in [2.24, 2.45) is 0 Å². The van der Waals surface area contributed by atoms with Crippen molar-refractivity contribution in [3.8, 4) is 0 Å². The highest BCUT2D eigenvalue weighted by molar-refractivity contribution is 7.92. The van der Waals surface area contributed by atoms with E-state index in [1.165, 1.54) is 0 Å². The highest BCUT2D eigenvalue weighted by Crippen LogP contribution is 2.40. The van der Waals surface area contributed by atoms with Gasteiger partial charge in [-0.3, -0.25) is 9.52 Å². The van der Waals surface area contributed by atoms with E-state index >= 15 is 0 Å². The van der Waals surface area contributed by atoms with E-state index < -0.39 is 15.4 Å². The first-order chi connectivity index (χ1) is 11.0. The molecule has 1 aromatic carbocycles. The van der Waals surface area contributed by atoms with Gasteiger partial charge in [-0.05, 0) is 51.3 Å². The van der Waals surface area contributed by atoms with Gasteiger partial charge in [0.2, 0.25) is 15.9 Å². The molecule has 1 saturated carbocycles. The predicted octanol–water partition coefficient (Wildman–Crippen LogP) is 3.17. The number of nitrogens with one attached hydrogen (secondary N) is 2. The zero-order chi connectivity index (χ0) is 18.0. The van der Waals surface area contributed by atoms with E-state index in [4.69, 9.17) is 0 Å². The maximum atomic E-state index is 13.0. The minimum absolute atomic E-state index is 0.0681. The molecular weight excluding hydrogens is 324 g/mol. The monoisotopic (exact) mass is 352 g/mol. The number of sulfonamides is 1. The Kier molecular flexibility index (Phi) is 5.28. The summed E-state index contributed by atoms with van der Waals surface area (Å²) in [7, 11) is -3.30. The van der Waals surface area contributed by atoms with Crippen molar-refractivity contribution in [1.29, 1.82) is 0 Å². The van der Waals surface area contributed by atoms with Crippen molar-refractivity contribution in [2.45, 2.75) is 63.8 Å². The lowest BCUT2D eigenvalue weighted by Crippen LogP contribution is -2.52. The van der Waals surface area contributed by atoms with Crippen LogP contribution in [-0.2, 0) is 20.2 Å². The van der Waals surface area contributed by atoms with Gasteiger partial charge < -0.3 is 5.32 Å². The summed E-state index contributed by atoms with van der Waals surface area (Å²) in [5, 5.41) is 3.13. The van der Waals surface area contributed by atoms with Crippen molar-refractivity contribution in [3.05, 3.63) is 29.8 Å². The quantitative estimate of drug-likeness (QED) is 0.874. The van der Waals surface area contributed by atoms with Crippen LogP contribution in [-0.4, -0.2) is 26.1 Å². The molecule has 0 saturated heterocycles. The maximum absolute atomic E-state index is 13.0. The van der Waals surface area contributed by atoms with Crippen molar-refractivity contribution in [2.75, 3.05) is 11.0 Å². The fraction of sp³-hybridized carbons (Fsp3) is 0.611. The lowest BCUT2D eigenvalue weighted by molar-refractivity contribution is -0.129. The highest BCUT2D eigenvalue weighted by atomic mass is 32.2. The summed E-state index contributed by atoms with van der Waals surface area (Å²) in [5.41, 5.74) is 0.681. The Morgan fingerprint density at radius 1 is 1.04 bits per heavy atom. The Morgan fingerprint density at radius 3 is 2.04 bits per heavy atom. The van der Waals surface area contributed by atoms with Crippen LogP contribution in [0.3, 0.4) is 0 Å². The molecule has 5 nitrogen and oxygen atoms in total. The fourth-order valence-corrected chi connectivity index (χ4v) is 3.90. The molecule has 2 N–H and O–H groups in total. The maximum Gasteiger partial charge on any atom is 0.231 e. The zero-order valence-corrected chi connectivity index (χ0v) is 15.8. The molecule has 1 aromatic rings. The van der Waals surface area contributed by atoms with Crippen LogP contribution in [0, 0.1) is 0 Å². The number of hydrogen-bond donors (Lipinski definition) is 2. The van der Waals surface area contributed by atoms with Gasteiger partial charge in [-0.1, -0.05) is 31.4 Å². The minimum Gasteiger partial charge on any atom is -0.351 e. The van der Waals surface area contributed by atoms with Gasteiger partial charge in [0.05, 0.1) is 11.7 Å². The van der Waals surface area contributed by atoms with Crippen LogP contribution < -0.4 is 10.0 Å². The molecule has 1 amide bonds. The number of anilines is 1. The van der Waals surface area contributed by atoms with E-state index in [0.717, 1.165) is 43.9 Å². The van der Waals surface area contributed by atoms with Gasteiger partial charge in [0.1, 0.15) is 0 Å². The number of carbonyl (C=O) groups is 1. The molecule has 2 rings (SSSR count). The molecule has 0 aliphatic heterocycles. The summed E-state index contributed by atoms with van der Waals surface area (Å²) in [4.78, 5) is 13.0. The third kappa shape index (κ3) is 4.72. The summed E-state index contributed by atoms with van der Waals surface area (Å²) in [6, 6.07) is 7.22. The van der Waals surface area contributed by atoms with Gasteiger partial charge in [0, 0.05) is 11.2 Å². The van der Waals surface area contributed by atoms with Crippen LogP contribution in [0.5, 0.6) is 0 Å². The summed E-state index contributed by atoms with van der Waals surface area (Å²) >= 11 is 0. The first-order valence-corrected chi connectivity index (χ1v) is 10.3. The molecule has 134 valence electrons. The van der Waals surface area contributed by atoms with E-state index in [-0.39, 0.29) is 11.4 Å². The molecule has 1 aliphatic carbocycles. The van der Waals surface area contributed by atoms with Crippen LogP contribution in [0.1, 0.15) is 58.4 Å². The highest BCUT2D eigenvalue weighted by Gasteiger charge is 2.42. The topological polar surface area (TPSA) is 75.3 Å². The fourth-order valence-electron chi connectivity index (χ4n) is 3.33. The Labute approximate surface area is 145 Å². The largest absolute Gasteiger partial charge is 0.351 e. The molecular formula is C18H28N2O3S. The predicted molar refractivity (Wildman–Crippen MR) is 97.6 cm³/mol. The molecule has 0 aromatic heterocycles. The van der Waals surface area contributed by atoms with E-state index in [9.17, 15) is 13.2 Å². The lowest BCUT2D eigenvalue weighted by atomic mass is 9.68. The van der Waals surface area contributed by atoms with Gasteiger partial charge in [-0.25, -0.2) is 8.42 Å². The Balaban J connectivity index is 2.32. The number of hydrogen-bond acceptors (Lipinski definition) is 3. The molecule has 24 heavy (non-hydrogen) atoms. The summed E-state index contributed by atoms with van der Waals surface area (Å²) in [5.74, 6) is 0.0681. The molecule has 0 atom stereocenters. The van der Waals surface area contributed by atoms with Crippen molar-refractivity contribution in [1.82, 2.24) is 5.32 Å². The van der Waals surface area contributed by atoms with E-state index in [1.54, 1.807) is 12.1 Å². The molecule has 0 spiro atoms. The number of amides is 1. The third-order valence-electron chi connectivity index (χ3n) is 4.37. The molecule has 1 aliphatic rings. The first-order valence-electron chi connectivity index (χ1n) is 8.43. The summed E-state index contributed by atoms with van der Waals surface area (Å²) in [6.45, 7) is 5.96. The average Bonchev–Trinajstić information content (AvgIpc) is 2.45. The van der Waals surface area contributed by atoms with Crippen LogP contribution in [0.25, 0.3) is 0 Å². The Bertz CT molecular complexity index is 682. The number of benzene rings is 1. The molecule has 6 heteroatoms. The first kappa shape index (κ1) is 18.8. The van der Waals surface area contributed by atoms with Gasteiger partial charge in [0.15, 0.2) is 0 Å². The van der Waals surface area contributed by atoms with Crippen molar-refractivity contribution >= 4 is 21.6 Å². The smallest absolute Gasteiger partial charge is 0.231 e. The second-order valence-corrected chi connectivity index (χ2v) is 9.55. The molecule has 0 radical (unpaired) electrons. The zero-order valence-electron chi connectivity index (χ0n) is 15.0.